The molecule has 0 aromatic heterocycles. The maximum atomic E-state index is 11.1. The van der Waals surface area contributed by atoms with Crippen LogP contribution in [0.5, 0.6) is 0 Å². The third-order valence-corrected chi connectivity index (χ3v) is 3.08. The molecule has 1 saturated heterocycles. The summed E-state index contributed by atoms with van der Waals surface area (Å²) in [6.07, 6.45) is -0.556. The van der Waals surface area contributed by atoms with Crippen LogP contribution >= 0.6 is 0 Å². The summed E-state index contributed by atoms with van der Waals surface area (Å²) >= 11 is 0. The van der Waals surface area contributed by atoms with Gasteiger partial charge in [0.1, 0.15) is 6.23 Å². The summed E-state index contributed by atoms with van der Waals surface area (Å²) in [6, 6.07) is 0. The van der Waals surface area contributed by atoms with Crippen LogP contribution in [0.15, 0.2) is 0 Å². The van der Waals surface area contributed by atoms with Crippen LogP contribution in [0, 0.1) is 0 Å². The van der Waals surface area contributed by atoms with Gasteiger partial charge in [0.25, 0.3) is 0 Å². The fourth-order valence-electron chi connectivity index (χ4n) is 1.03. The molecular formula is C7H15NO4S. The molecule has 0 spiro atoms. The van der Waals surface area contributed by atoms with Crippen molar-refractivity contribution in [2.75, 3.05) is 12.4 Å². The van der Waals surface area contributed by atoms with E-state index in [0.717, 1.165) is 0 Å². The minimum Gasteiger partial charge on any atom is -0.346 e. The lowest BCUT2D eigenvalue weighted by molar-refractivity contribution is -0.139. The average Bonchev–Trinajstić information content (AvgIpc) is 2.29. The Labute approximate surface area is 78.5 Å². The van der Waals surface area contributed by atoms with Crippen molar-refractivity contribution in [3.8, 4) is 0 Å². The van der Waals surface area contributed by atoms with Gasteiger partial charge in [0.2, 0.25) is 10.0 Å². The summed E-state index contributed by atoms with van der Waals surface area (Å²) in [5.41, 5.74) is 0. The van der Waals surface area contributed by atoms with Gasteiger partial charge >= 0.3 is 0 Å². The van der Waals surface area contributed by atoms with Crippen LogP contribution in [0.25, 0.3) is 0 Å². The first-order valence-corrected chi connectivity index (χ1v) is 5.82. The number of hydrogen-bond acceptors (Lipinski definition) is 4. The van der Waals surface area contributed by atoms with Gasteiger partial charge in [0, 0.05) is 0 Å². The van der Waals surface area contributed by atoms with Gasteiger partial charge in [0.05, 0.1) is 12.4 Å². The standard InChI is InChI=1S/C7H15NO4S/c1-4-13(9,10)8-6-5-11-7(2,3)12-6/h6,8H,4-5H2,1-3H3. The monoisotopic (exact) mass is 209 g/mol. The Balaban J connectivity index is 2.50. The zero-order valence-corrected chi connectivity index (χ0v) is 8.85. The average molecular weight is 209 g/mol. The second kappa shape index (κ2) is 3.53. The summed E-state index contributed by atoms with van der Waals surface area (Å²) in [5, 5.41) is 0. The van der Waals surface area contributed by atoms with E-state index in [0.29, 0.717) is 0 Å². The largest absolute Gasteiger partial charge is 0.346 e. The Morgan fingerprint density at radius 1 is 1.54 bits per heavy atom. The highest BCUT2D eigenvalue weighted by Crippen LogP contribution is 2.20. The van der Waals surface area contributed by atoms with E-state index in [2.05, 4.69) is 4.72 Å². The maximum absolute atomic E-state index is 11.1. The van der Waals surface area contributed by atoms with Gasteiger partial charge < -0.3 is 9.47 Å². The lowest BCUT2D eigenvalue weighted by Gasteiger charge is -2.17. The Bertz CT molecular complexity index is 272. The zero-order chi connectivity index (χ0) is 10.1. The predicted molar refractivity (Wildman–Crippen MR) is 47.5 cm³/mol. The second-order valence-corrected chi connectivity index (χ2v) is 5.38. The molecule has 1 heterocycles. The normalized spacial score (nSPS) is 27.8. The highest BCUT2D eigenvalue weighted by atomic mass is 32.2. The predicted octanol–water partition coefficient (Wildman–Crippen LogP) is 0.0347. The van der Waals surface area contributed by atoms with Crippen molar-refractivity contribution < 1.29 is 17.9 Å². The second-order valence-electron chi connectivity index (χ2n) is 3.34. The number of nitrogens with one attached hydrogen (secondary N) is 1. The van der Waals surface area contributed by atoms with Crippen molar-refractivity contribution in [3.63, 3.8) is 0 Å². The van der Waals surface area contributed by atoms with Gasteiger partial charge in [-0.2, -0.15) is 4.72 Å². The molecule has 1 aliphatic rings. The molecule has 1 aliphatic heterocycles. The molecule has 13 heavy (non-hydrogen) atoms. The SMILES string of the molecule is CCS(=O)(=O)NC1COC(C)(C)O1. The summed E-state index contributed by atoms with van der Waals surface area (Å²) in [5.74, 6) is -0.645. The fraction of sp³-hybridized carbons (Fsp3) is 1.00. The van der Waals surface area contributed by atoms with Gasteiger partial charge in [-0.3, -0.25) is 0 Å². The van der Waals surface area contributed by atoms with Crippen LogP contribution in [0.3, 0.4) is 0 Å². The minimum atomic E-state index is -3.21. The molecule has 0 aliphatic carbocycles. The molecule has 0 aromatic rings. The summed E-state index contributed by atoms with van der Waals surface area (Å²) in [7, 11) is -3.21. The number of hydrogen-bond donors (Lipinski definition) is 1. The fourth-order valence-corrected chi connectivity index (χ4v) is 1.71. The lowest BCUT2D eigenvalue weighted by Crippen LogP contribution is -2.38. The van der Waals surface area contributed by atoms with Crippen molar-refractivity contribution in [3.05, 3.63) is 0 Å². The van der Waals surface area contributed by atoms with E-state index in [1.807, 2.05) is 0 Å². The molecule has 0 saturated carbocycles. The molecule has 1 rings (SSSR count). The van der Waals surface area contributed by atoms with Gasteiger partial charge in [-0.1, -0.05) is 0 Å². The van der Waals surface area contributed by atoms with Crippen LogP contribution in [0.2, 0.25) is 0 Å². The van der Waals surface area contributed by atoms with E-state index in [4.69, 9.17) is 9.47 Å². The van der Waals surface area contributed by atoms with Crippen LogP contribution in [-0.2, 0) is 19.5 Å². The Morgan fingerprint density at radius 3 is 2.54 bits per heavy atom. The third-order valence-electron chi connectivity index (χ3n) is 1.70. The van der Waals surface area contributed by atoms with Crippen molar-refractivity contribution in [2.24, 2.45) is 0 Å². The Morgan fingerprint density at radius 2 is 2.15 bits per heavy atom. The highest BCUT2D eigenvalue weighted by molar-refractivity contribution is 7.89. The topological polar surface area (TPSA) is 64.6 Å². The van der Waals surface area contributed by atoms with Crippen molar-refractivity contribution in [2.45, 2.75) is 32.8 Å². The maximum Gasteiger partial charge on any atom is 0.213 e. The van der Waals surface area contributed by atoms with Crippen molar-refractivity contribution in [1.82, 2.24) is 4.72 Å². The molecule has 1 atom stereocenters. The number of ether oxygens (including phenoxy) is 2. The van der Waals surface area contributed by atoms with Crippen LogP contribution in [-0.4, -0.2) is 32.8 Å². The Hall–Kier alpha value is -0.170. The van der Waals surface area contributed by atoms with Crippen LogP contribution in [0.4, 0.5) is 0 Å². The van der Waals surface area contributed by atoms with Crippen molar-refractivity contribution in [1.29, 1.82) is 0 Å². The summed E-state index contributed by atoms with van der Waals surface area (Å²) in [6.45, 7) is 5.32. The van der Waals surface area contributed by atoms with Crippen LogP contribution < -0.4 is 4.72 Å². The first kappa shape index (κ1) is 10.9. The summed E-state index contributed by atoms with van der Waals surface area (Å²) in [4.78, 5) is 0. The molecule has 1 fully saturated rings. The zero-order valence-electron chi connectivity index (χ0n) is 8.03. The van der Waals surface area contributed by atoms with Gasteiger partial charge in [-0.05, 0) is 20.8 Å². The van der Waals surface area contributed by atoms with Crippen molar-refractivity contribution >= 4 is 10.0 Å². The van der Waals surface area contributed by atoms with Crippen LogP contribution in [0.1, 0.15) is 20.8 Å². The number of sulfonamides is 1. The smallest absolute Gasteiger partial charge is 0.213 e. The van der Waals surface area contributed by atoms with E-state index < -0.39 is 22.0 Å². The van der Waals surface area contributed by atoms with E-state index in [1.165, 1.54) is 0 Å². The number of rotatable bonds is 3. The quantitative estimate of drug-likeness (QED) is 0.712. The lowest BCUT2D eigenvalue weighted by atomic mass is 10.4. The third kappa shape index (κ3) is 3.22. The molecule has 0 radical (unpaired) electrons. The molecule has 6 heteroatoms. The summed E-state index contributed by atoms with van der Waals surface area (Å²) < 4.78 is 35.1. The van der Waals surface area contributed by atoms with E-state index >= 15 is 0 Å². The van der Waals surface area contributed by atoms with Gasteiger partial charge in [0.15, 0.2) is 5.79 Å². The highest BCUT2D eigenvalue weighted by Gasteiger charge is 2.34. The molecule has 78 valence electrons. The van der Waals surface area contributed by atoms with E-state index in [-0.39, 0.29) is 12.4 Å². The molecule has 0 aromatic carbocycles. The Kier molecular flexibility index (Phi) is 2.96. The molecular weight excluding hydrogens is 194 g/mol. The molecule has 0 bridgehead atoms. The van der Waals surface area contributed by atoms with E-state index in [9.17, 15) is 8.42 Å². The molecule has 0 amide bonds. The van der Waals surface area contributed by atoms with E-state index in [1.54, 1.807) is 20.8 Å². The molecule has 1 N–H and O–H groups in total. The first-order chi connectivity index (χ1) is 5.85. The van der Waals surface area contributed by atoms with Gasteiger partial charge in [-0.25, -0.2) is 8.42 Å². The minimum absolute atomic E-state index is 0.0489. The molecule has 1 unspecified atom stereocenters. The molecule has 5 nitrogen and oxygen atoms in total. The van der Waals surface area contributed by atoms with Gasteiger partial charge in [-0.15, -0.1) is 0 Å². The first-order valence-electron chi connectivity index (χ1n) is 4.16.